The van der Waals surface area contributed by atoms with Gasteiger partial charge in [-0.25, -0.2) is 0 Å². The van der Waals surface area contributed by atoms with Crippen molar-refractivity contribution >= 4 is 5.84 Å². The van der Waals surface area contributed by atoms with Crippen molar-refractivity contribution in [2.45, 2.75) is 18.8 Å². The standard InChI is InChI=1S/C10H13N3/c11-10(13-12)9-3-1-2-8(6-9)7-4-5-7/h1-3,6-7H,4-5,12H2,(H2,11,13). The molecule has 0 unspecified atom stereocenters. The zero-order valence-electron chi connectivity index (χ0n) is 7.40. The molecule has 68 valence electrons. The van der Waals surface area contributed by atoms with Crippen LogP contribution in [0.2, 0.25) is 0 Å². The molecule has 1 saturated carbocycles. The third-order valence-electron chi connectivity index (χ3n) is 2.37. The van der Waals surface area contributed by atoms with E-state index in [0.717, 1.165) is 11.5 Å². The molecule has 1 aromatic rings. The monoisotopic (exact) mass is 175 g/mol. The highest BCUT2D eigenvalue weighted by Crippen LogP contribution is 2.40. The number of hydrazone groups is 1. The van der Waals surface area contributed by atoms with Gasteiger partial charge in [0.2, 0.25) is 0 Å². The normalized spacial score (nSPS) is 17.4. The Morgan fingerprint density at radius 2 is 2.15 bits per heavy atom. The lowest BCUT2D eigenvalue weighted by Gasteiger charge is -2.02. The lowest BCUT2D eigenvalue weighted by Crippen LogP contribution is -2.15. The van der Waals surface area contributed by atoms with E-state index in [4.69, 9.17) is 11.6 Å². The summed E-state index contributed by atoms with van der Waals surface area (Å²) in [5.74, 6) is 6.26. The first-order valence-electron chi connectivity index (χ1n) is 4.45. The van der Waals surface area contributed by atoms with E-state index in [1.807, 2.05) is 12.1 Å². The third-order valence-corrected chi connectivity index (χ3v) is 2.37. The van der Waals surface area contributed by atoms with Crippen molar-refractivity contribution in [1.82, 2.24) is 0 Å². The summed E-state index contributed by atoms with van der Waals surface area (Å²) in [6.07, 6.45) is 2.59. The van der Waals surface area contributed by atoms with Crippen molar-refractivity contribution in [3.63, 3.8) is 0 Å². The lowest BCUT2D eigenvalue weighted by atomic mass is 10.1. The SMILES string of the molecule is NN=C(N)c1cccc(C2CC2)c1. The van der Waals surface area contributed by atoms with Crippen LogP contribution >= 0.6 is 0 Å². The van der Waals surface area contributed by atoms with Crippen LogP contribution in [0.3, 0.4) is 0 Å². The summed E-state index contributed by atoms with van der Waals surface area (Å²) in [7, 11) is 0. The van der Waals surface area contributed by atoms with Crippen molar-refractivity contribution < 1.29 is 0 Å². The molecule has 3 heteroatoms. The van der Waals surface area contributed by atoms with Crippen LogP contribution in [0.15, 0.2) is 29.4 Å². The largest absolute Gasteiger partial charge is 0.382 e. The maximum Gasteiger partial charge on any atom is 0.150 e. The molecule has 0 bridgehead atoms. The van der Waals surface area contributed by atoms with Gasteiger partial charge in [0.1, 0.15) is 5.84 Å². The predicted molar refractivity (Wildman–Crippen MR) is 53.3 cm³/mol. The third kappa shape index (κ3) is 1.64. The molecule has 3 nitrogen and oxygen atoms in total. The molecule has 0 spiro atoms. The van der Waals surface area contributed by atoms with Crippen molar-refractivity contribution in [3.8, 4) is 0 Å². The molecule has 0 saturated heterocycles. The first kappa shape index (κ1) is 8.10. The highest BCUT2D eigenvalue weighted by atomic mass is 15.1. The minimum Gasteiger partial charge on any atom is -0.382 e. The summed E-state index contributed by atoms with van der Waals surface area (Å²) in [5, 5.41) is 3.47. The Hall–Kier alpha value is -1.51. The molecular formula is C10H13N3. The van der Waals surface area contributed by atoms with Gasteiger partial charge in [-0.05, 0) is 30.4 Å². The van der Waals surface area contributed by atoms with Gasteiger partial charge in [0.15, 0.2) is 0 Å². The fourth-order valence-electron chi connectivity index (χ4n) is 1.44. The Morgan fingerprint density at radius 3 is 2.77 bits per heavy atom. The Kier molecular flexibility index (Phi) is 1.93. The summed E-state index contributed by atoms with van der Waals surface area (Å²) in [4.78, 5) is 0. The van der Waals surface area contributed by atoms with Crippen LogP contribution in [0.1, 0.15) is 29.9 Å². The van der Waals surface area contributed by atoms with Crippen LogP contribution in [-0.4, -0.2) is 5.84 Å². The Bertz CT molecular complexity index is 340. The number of nitrogens with two attached hydrogens (primary N) is 2. The minimum atomic E-state index is 0.405. The molecule has 0 heterocycles. The minimum absolute atomic E-state index is 0.405. The Balaban J connectivity index is 2.31. The highest BCUT2D eigenvalue weighted by Gasteiger charge is 2.23. The second-order valence-corrected chi connectivity index (χ2v) is 3.41. The zero-order chi connectivity index (χ0) is 9.26. The van der Waals surface area contributed by atoms with E-state index < -0.39 is 0 Å². The molecule has 0 amide bonds. The van der Waals surface area contributed by atoms with Gasteiger partial charge < -0.3 is 11.6 Å². The van der Waals surface area contributed by atoms with Crippen LogP contribution in [0.25, 0.3) is 0 Å². The van der Waals surface area contributed by atoms with Gasteiger partial charge in [0.25, 0.3) is 0 Å². The van der Waals surface area contributed by atoms with Crippen LogP contribution in [0.4, 0.5) is 0 Å². The molecule has 1 aliphatic rings. The Morgan fingerprint density at radius 1 is 1.38 bits per heavy atom. The molecule has 1 aromatic carbocycles. The van der Waals surface area contributed by atoms with Gasteiger partial charge in [0.05, 0.1) is 0 Å². The predicted octanol–water partition coefficient (Wildman–Crippen LogP) is 1.14. The van der Waals surface area contributed by atoms with Crippen molar-refractivity contribution in [1.29, 1.82) is 0 Å². The second kappa shape index (κ2) is 3.09. The molecule has 0 aromatic heterocycles. The number of benzene rings is 1. The molecule has 1 fully saturated rings. The van der Waals surface area contributed by atoms with Crippen LogP contribution in [0.5, 0.6) is 0 Å². The summed E-state index contributed by atoms with van der Waals surface area (Å²) in [6, 6.07) is 8.13. The lowest BCUT2D eigenvalue weighted by molar-refractivity contribution is 1.13. The van der Waals surface area contributed by atoms with E-state index in [0.29, 0.717) is 5.84 Å². The number of hydrogen-bond acceptors (Lipinski definition) is 2. The first-order valence-corrected chi connectivity index (χ1v) is 4.45. The van der Waals surface area contributed by atoms with E-state index in [2.05, 4.69) is 17.2 Å². The van der Waals surface area contributed by atoms with E-state index in [9.17, 15) is 0 Å². The molecular weight excluding hydrogens is 162 g/mol. The van der Waals surface area contributed by atoms with Gasteiger partial charge in [-0.3, -0.25) is 0 Å². The number of rotatable bonds is 2. The average molecular weight is 175 g/mol. The maximum absolute atomic E-state index is 5.61. The number of amidine groups is 1. The van der Waals surface area contributed by atoms with E-state index >= 15 is 0 Å². The van der Waals surface area contributed by atoms with Gasteiger partial charge in [0, 0.05) is 5.56 Å². The Labute approximate surface area is 77.4 Å². The zero-order valence-corrected chi connectivity index (χ0v) is 7.40. The van der Waals surface area contributed by atoms with Crippen molar-refractivity contribution in [2.24, 2.45) is 16.7 Å². The van der Waals surface area contributed by atoms with Gasteiger partial charge in [-0.15, -0.1) is 0 Å². The summed E-state index contributed by atoms with van der Waals surface area (Å²) in [6.45, 7) is 0. The summed E-state index contributed by atoms with van der Waals surface area (Å²) >= 11 is 0. The molecule has 1 aliphatic carbocycles. The topological polar surface area (TPSA) is 64.4 Å². The second-order valence-electron chi connectivity index (χ2n) is 3.41. The molecule has 0 atom stereocenters. The highest BCUT2D eigenvalue weighted by molar-refractivity contribution is 5.97. The van der Waals surface area contributed by atoms with Crippen molar-refractivity contribution in [2.75, 3.05) is 0 Å². The summed E-state index contributed by atoms with van der Waals surface area (Å²) < 4.78 is 0. The summed E-state index contributed by atoms with van der Waals surface area (Å²) in [5.41, 5.74) is 7.88. The van der Waals surface area contributed by atoms with Crippen LogP contribution < -0.4 is 11.6 Å². The molecule has 4 N–H and O–H groups in total. The quantitative estimate of drug-likeness (QED) is 0.306. The molecule has 13 heavy (non-hydrogen) atoms. The van der Waals surface area contributed by atoms with E-state index in [1.165, 1.54) is 18.4 Å². The average Bonchev–Trinajstić information content (AvgIpc) is 3.00. The molecule has 0 radical (unpaired) electrons. The van der Waals surface area contributed by atoms with Gasteiger partial charge in [-0.2, -0.15) is 5.10 Å². The molecule has 0 aliphatic heterocycles. The van der Waals surface area contributed by atoms with E-state index in [1.54, 1.807) is 0 Å². The fraction of sp³-hybridized carbons (Fsp3) is 0.300. The first-order chi connectivity index (χ1) is 6.31. The fourth-order valence-corrected chi connectivity index (χ4v) is 1.44. The maximum atomic E-state index is 5.61. The van der Waals surface area contributed by atoms with Gasteiger partial charge in [-0.1, -0.05) is 18.2 Å². The van der Waals surface area contributed by atoms with E-state index in [-0.39, 0.29) is 0 Å². The van der Waals surface area contributed by atoms with Gasteiger partial charge >= 0.3 is 0 Å². The number of hydrogen-bond donors (Lipinski definition) is 2. The number of nitrogens with zero attached hydrogens (tertiary/aromatic N) is 1. The van der Waals surface area contributed by atoms with Crippen LogP contribution in [0, 0.1) is 0 Å². The van der Waals surface area contributed by atoms with Crippen LogP contribution in [-0.2, 0) is 0 Å². The molecule has 2 rings (SSSR count). The van der Waals surface area contributed by atoms with Crippen molar-refractivity contribution in [3.05, 3.63) is 35.4 Å². The smallest absolute Gasteiger partial charge is 0.150 e.